The highest BCUT2D eigenvalue weighted by molar-refractivity contribution is 5.96. The number of primary amides is 1. The van der Waals surface area contributed by atoms with Gasteiger partial charge in [0.25, 0.3) is 0 Å². The Balaban J connectivity index is 5.17. The summed E-state index contributed by atoms with van der Waals surface area (Å²) in [5, 5.41) is 25.3. The lowest BCUT2D eigenvalue weighted by molar-refractivity contribution is -0.144. The molecule has 0 fully saturated rings. The number of carbonyl (C=O) groups is 5. The van der Waals surface area contributed by atoms with Crippen molar-refractivity contribution in [3.63, 3.8) is 0 Å². The van der Waals surface area contributed by atoms with Crippen molar-refractivity contribution in [3.8, 4) is 0 Å². The van der Waals surface area contributed by atoms with Crippen LogP contribution in [0.2, 0.25) is 0 Å². The van der Waals surface area contributed by atoms with Crippen molar-refractivity contribution in [1.29, 1.82) is 0 Å². The number of carboxylic acid groups (broad SMARTS) is 1. The topological polar surface area (TPSA) is 240 Å². The van der Waals surface area contributed by atoms with Crippen LogP contribution in [-0.4, -0.2) is 77.1 Å². The molecule has 0 saturated carbocycles. The highest BCUT2D eigenvalue weighted by Crippen LogP contribution is 2.03. The summed E-state index contributed by atoms with van der Waals surface area (Å²) in [6.07, 6.45) is 0.982. The van der Waals surface area contributed by atoms with Gasteiger partial charge in [0.1, 0.15) is 18.1 Å². The van der Waals surface area contributed by atoms with Crippen LogP contribution in [0.5, 0.6) is 0 Å². The van der Waals surface area contributed by atoms with E-state index in [1.165, 1.54) is 0 Å². The summed E-state index contributed by atoms with van der Waals surface area (Å²) in [5.74, 6) is -5.25. The largest absolute Gasteiger partial charge is 0.480 e. The van der Waals surface area contributed by atoms with E-state index in [0.29, 0.717) is 25.8 Å². The summed E-state index contributed by atoms with van der Waals surface area (Å²) in [7, 11) is 0. The van der Waals surface area contributed by atoms with E-state index in [0.717, 1.165) is 0 Å². The van der Waals surface area contributed by atoms with Crippen molar-refractivity contribution in [2.75, 3.05) is 13.2 Å². The molecule has 13 heteroatoms. The molecule has 0 aliphatic carbocycles. The number of aliphatic hydroxyl groups excluding tert-OH is 1. The number of amides is 4. The number of carbonyl (C=O) groups excluding carboxylic acids is 4. The smallest absolute Gasteiger partial charge is 0.326 e. The van der Waals surface area contributed by atoms with Crippen molar-refractivity contribution in [3.05, 3.63) is 0 Å². The molecule has 0 saturated heterocycles. The predicted molar refractivity (Wildman–Crippen MR) is 110 cm³/mol. The zero-order valence-electron chi connectivity index (χ0n) is 17.8. The zero-order valence-corrected chi connectivity index (χ0v) is 17.8. The summed E-state index contributed by atoms with van der Waals surface area (Å²) in [4.78, 5) is 59.6. The minimum atomic E-state index is -1.52. The molecule has 11 N–H and O–H groups in total. The second-order valence-corrected chi connectivity index (χ2v) is 7.43. The van der Waals surface area contributed by atoms with Crippen LogP contribution in [0.15, 0.2) is 0 Å². The summed E-state index contributed by atoms with van der Waals surface area (Å²) in [5.41, 5.74) is 16.3. The number of unbranched alkanes of at least 4 members (excludes halogenated alkanes) is 1. The molecule has 0 spiro atoms. The van der Waals surface area contributed by atoms with Gasteiger partial charge in [0.05, 0.1) is 19.1 Å². The fourth-order valence-corrected chi connectivity index (χ4v) is 2.56. The van der Waals surface area contributed by atoms with Gasteiger partial charge in [0, 0.05) is 0 Å². The van der Waals surface area contributed by atoms with E-state index in [9.17, 15) is 29.1 Å². The Labute approximate surface area is 180 Å². The molecule has 0 bridgehead atoms. The summed E-state index contributed by atoms with van der Waals surface area (Å²) >= 11 is 0. The zero-order chi connectivity index (χ0) is 24.1. The maximum Gasteiger partial charge on any atom is 0.326 e. The standard InChI is InChI=1S/C18H34N6O7/c1-9(2)14(18(30)31)24-17(29)12(8-25)23-16(28)11(7-13(21)26)22-15(27)10(20)5-3-4-6-19/h9-12,14,25H,3-8,19-20H2,1-2H3,(H2,21,26)(H,22,27)(H,23,28)(H,24,29)(H,30,31)/t10-,11-,12-,14-/m0/s1. The fourth-order valence-electron chi connectivity index (χ4n) is 2.56. The molecule has 0 aromatic rings. The third-order valence-electron chi connectivity index (χ3n) is 4.39. The van der Waals surface area contributed by atoms with Crippen LogP contribution in [0.3, 0.4) is 0 Å². The Kier molecular flexibility index (Phi) is 13.0. The van der Waals surface area contributed by atoms with Crippen molar-refractivity contribution in [2.45, 2.75) is 63.7 Å². The molecule has 4 atom stereocenters. The lowest BCUT2D eigenvalue weighted by atomic mass is 10.0. The van der Waals surface area contributed by atoms with E-state index in [-0.39, 0.29) is 0 Å². The Morgan fingerprint density at radius 2 is 1.45 bits per heavy atom. The molecule has 0 rings (SSSR count). The van der Waals surface area contributed by atoms with E-state index in [1.54, 1.807) is 13.8 Å². The van der Waals surface area contributed by atoms with Crippen LogP contribution >= 0.6 is 0 Å². The molecule has 31 heavy (non-hydrogen) atoms. The average molecular weight is 447 g/mol. The van der Waals surface area contributed by atoms with Gasteiger partial charge in [-0.25, -0.2) is 4.79 Å². The molecule has 0 aromatic heterocycles. The van der Waals surface area contributed by atoms with Gasteiger partial charge in [-0.2, -0.15) is 0 Å². The molecule has 0 unspecified atom stereocenters. The maximum atomic E-state index is 12.5. The van der Waals surface area contributed by atoms with E-state index in [4.69, 9.17) is 22.3 Å². The lowest BCUT2D eigenvalue weighted by Gasteiger charge is -2.24. The average Bonchev–Trinajstić information content (AvgIpc) is 2.68. The van der Waals surface area contributed by atoms with E-state index < -0.39 is 72.7 Å². The first-order valence-electron chi connectivity index (χ1n) is 9.93. The predicted octanol–water partition coefficient (Wildman–Crippen LogP) is -3.49. The van der Waals surface area contributed by atoms with Crippen molar-refractivity contribution < 1.29 is 34.2 Å². The number of aliphatic carboxylic acids is 1. The molecule has 0 aromatic carbocycles. The molecular formula is C18H34N6O7. The quantitative estimate of drug-likeness (QED) is 0.116. The first kappa shape index (κ1) is 28.2. The lowest BCUT2D eigenvalue weighted by Crippen LogP contribution is -2.59. The van der Waals surface area contributed by atoms with Gasteiger partial charge in [-0.1, -0.05) is 20.3 Å². The van der Waals surface area contributed by atoms with Gasteiger partial charge < -0.3 is 43.4 Å². The normalized spacial score (nSPS) is 14.8. The van der Waals surface area contributed by atoms with Gasteiger partial charge in [-0.15, -0.1) is 0 Å². The molecule has 13 nitrogen and oxygen atoms in total. The molecule has 178 valence electrons. The van der Waals surface area contributed by atoms with Crippen LogP contribution in [0.1, 0.15) is 39.5 Å². The SMILES string of the molecule is CC(C)[C@H](NC(=O)[C@H](CO)NC(=O)[C@H](CC(N)=O)NC(=O)[C@@H](N)CCCCN)C(=O)O. The Hall–Kier alpha value is -2.77. The highest BCUT2D eigenvalue weighted by Gasteiger charge is 2.31. The number of carboxylic acids is 1. The summed E-state index contributed by atoms with van der Waals surface area (Å²) < 4.78 is 0. The number of nitrogens with one attached hydrogen (secondary N) is 3. The molecule has 0 aliphatic rings. The second-order valence-electron chi connectivity index (χ2n) is 7.43. The van der Waals surface area contributed by atoms with Crippen LogP contribution in [0, 0.1) is 5.92 Å². The molecule has 0 aliphatic heterocycles. The van der Waals surface area contributed by atoms with Gasteiger partial charge in [-0.3, -0.25) is 19.2 Å². The molecule has 0 radical (unpaired) electrons. The minimum absolute atomic E-state index is 0.307. The van der Waals surface area contributed by atoms with E-state index >= 15 is 0 Å². The number of aliphatic hydroxyl groups is 1. The number of rotatable bonds is 15. The van der Waals surface area contributed by atoms with Gasteiger partial charge in [0.2, 0.25) is 23.6 Å². The third-order valence-corrected chi connectivity index (χ3v) is 4.39. The number of hydrogen-bond donors (Lipinski definition) is 8. The Morgan fingerprint density at radius 3 is 1.90 bits per heavy atom. The third kappa shape index (κ3) is 10.7. The summed E-state index contributed by atoms with van der Waals surface area (Å²) in [6, 6.07) is -5.15. The van der Waals surface area contributed by atoms with Crippen LogP contribution in [-0.2, 0) is 24.0 Å². The van der Waals surface area contributed by atoms with Crippen LogP contribution in [0.4, 0.5) is 0 Å². The molecular weight excluding hydrogens is 412 g/mol. The van der Waals surface area contributed by atoms with Crippen molar-refractivity contribution >= 4 is 29.6 Å². The van der Waals surface area contributed by atoms with Crippen molar-refractivity contribution in [2.24, 2.45) is 23.1 Å². The maximum absolute atomic E-state index is 12.5. The van der Waals surface area contributed by atoms with Crippen molar-refractivity contribution in [1.82, 2.24) is 16.0 Å². The monoisotopic (exact) mass is 446 g/mol. The van der Waals surface area contributed by atoms with E-state index in [2.05, 4.69) is 16.0 Å². The van der Waals surface area contributed by atoms with Gasteiger partial charge in [0.15, 0.2) is 0 Å². The highest BCUT2D eigenvalue weighted by atomic mass is 16.4. The molecule has 0 heterocycles. The van der Waals surface area contributed by atoms with Crippen LogP contribution < -0.4 is 33.2 Å². The first-order chi connectivity index (χ1) is 14.4. The van der Waals surface area contributed by atoms with Gasteiger partial charge in [-0.05, 0) is 25.3 Å². The fraction of sp³-hybridized carbons (Fsp3) is 0.722. The van der Waals surface area contributed by atoms with Crippen LogP contribution in [0.25, 0.3) is 0 Å². The Bertz CT molecular complexity index is 643. The Morgan fingerprint density at radius 1 is 0.903 bits per heavy atom. The number of nitrogens with two attached hydrogens (primary N) is 3. The second kappa shape index (κ2) is 14.3. The summed E-state index contributed by atoms with van der Waals surface area (Å²) in [6.45, 7) is 2.73. The molecule has 4 amide bonds. The number of hydrogen-bond acceptors (Lipinski definition) is 8. The first-order valence-corrected chi connectivity index (χ1v) is 9.93. The minimum Gasteiger partial charge on any atom is -0.480 e. The van der Waals surface area contributed by atoms with E-state index in [1.807, 2.05) is 0 Å². The van der Waals surface area contributed by atoms with Gasteiger partial charge >= 0.3 is 5.97 Å².